The maximum absolute atomic E-state index is 5.86. The van der Waals surface area contributed by atoms with E-state index in [1.807, 2.05) is 7.05 Å². The van der Waals surface area contributed by atoms with Gasteiger partial charge in [0.1, 0.15) is 0 Å². The lowest BCUT2D eigenvalue weighted by Crippen LogP contribution is -2.40. The van der Waals surface area contributed by atoms with Crippen LogP contribution < -0.4 is 10.6 Å². The highest BCUT2D eigenvalue weighted by Crippen LogP contribution is 2.25. The third-order valence-corrected chi connectivity index (χ3v) is 5.41. The van der Waals surface area contributed by atoms with Gasteiger partial charge in [0.2, 0.25) is 0 Å². The van der Waals surface area contributed by atoms with E-state index < -0.39 is 0 Å². The average Bonchev–Trinajstić information content (AvgIpc) is 3.14. The maximum atomic E-state index is 5.86. The first-order chi connectivity index (χ1) is 9.88. The van der Waals surface area contributed by atoms with Gasteiger partial charge in [-0.25, -0.2) is 0 Å². The lowest BCUT2D eigenvalue weighted by Gasteiger charge is -2.15. The largest absolute Gasteiger partial charge is 0.378 e. The molecule has 0 bridgehead atoms. The van der Waals surface area contributed by atoms with Crippen LogP contribution in [0, 0.1) is 0 Å². The highest BCUT2D eigenvalue weighted by Gasteiger charge is 2.16. The van der Waals surface area contributed by atoms with Crippen LogP contribution in [0.25, 0.3) is 0 Å². The first-order valence-electron chi connectivity index (χ1n) is 8.06. The lowest BCUT2D eigenvalue weighted by atomic mass is 10.2. The SMILES string of the molecule is CN=C(NCCCOC1CCCC1)NCC1CCCS1. The van der Waals surface area contributed by atoms with Crippen molar-refractivity contribution in [2.24, 2.45) is 4.99 Å². The molecule has 1 saturated heterocycles. The predicted octanol–water partition coefficient (Wildman–Crippen LogP) is 2.40. The fraction of sp³-hybridized carbons (Fsp3) is 0.933. The standard InChI is InChI=1S/C15H29N3OS/c1-16-15(18-12-14-8-4-11-20-14)17-9-5-10-19-13-6-2-3-7-13/h13-14H,2-12H2,1H3,(H2,16,17,18). The molecule has 5 heteroatoms. The average molecular weight is 299 g/mol. The minimum Gasteiger partial charge on any atom is -0.378 e. The van der Waals surface area contributed by atoms with E-state index in [1.54, 1.807) is 0 Å². The van der Waals surface area contributed by atoms with Gasteiger partial charge in [0.25, 0.3) is 0 Å². The number of hydrogen-bond donors (Lipinski definition) is 2. The zero-order chi connectivity index (χ0) is 14.0. The summed E-state index contributed by atoms with van der Waals surface area (Å²) in [6, 6.07) is 0. The molecule has 1 aliphatic carbocycles. The van der Waals surface area contributed by atoms with E-state index in [-0.39, 0.29) is 0 Å². The molecule has 2 N–H and O–H groups in total. The highest BCUT2D eigenvalue weighted by atomic mass is 32.2. The normalized spacial score (nSPS) is 24.2. The van der Waals surface area contributed by atoms with Crippen molar-refractivity contribution in [3.05, 3.63) is 0 Å². The molecule has 1 unspecified atom stereocenters. The van der Waals surface area contributed by atoms with Crippen molar-refractivity contribution < 1.29 is 4.74 Å². The number of nitrogens with zero attached hydrogens (tertiary/aromatic N) is 1. The zero-order valence-corrected chi connectivity index (χ0v) is 13.5. The molecule has 20 heavy (non-hydrogen) atoms. The van der Waals surface area contributed by atoms with Gasteiger partial charge in [0.15, 0.2) is 5.96 Å². The number of rotatable bonds is 7. The molecule has 0 aromatic rings. The monoisotopic (exact) mass is 299 g/mol. The van der Waals surface area contributed by atoms with E-state index in [0.717, 1.165) is 37.3 Å². The van der Waals surface area contributed by atoms with Crippen LogP contribution in [0.5, 0.6) is 0 Å². The Morgan fingerprint density at radius 2 is 2.05 bits per heavy atom. The van der Waals surface area contributed by atoms with E-state index >= 15 is 0 Å². The van der Waals surface area contributed by atoms with Crippen molar-refractivity contribution in [3.63, 3.8) is 0 Å². The van der Waals surface area contributed by atoms with Crippen molar-refractivity contribution in [2.75, 3.05) is 32.5 Å². The summed E-state index contributed by atoms with van der Waals surface area (Å²) in [5.74, 6) is 2.25. The second kappa shape index (κ2) is 9.50. The molecule has 4 nitrogen and oxygen atoms in total. The van der Waals surface area contributed by atoms with Gasteiger partial charge in [0, 0.05) is 32.0 Å². The first kappa shape index (κ1) is 16.0. The molecule has 1 heterocycles. The molecule has 1 saturated carbocycles. The van der Waals surface area contributed by atoms with E-state index in [9.17, 15) is 0 Å². The molecule has 116 valence electrons. The Balaban J connectivity index is 1.47. The second-order valence-corrected chi connectivity index (χ2v) is 7.05. The van der Waals surface area contributed by atoms with Crippen LogP contribution in [0.4, 0.5) is 0 Å². The Morgan fingerprint density at radius 1 is 1.20 bits per heavy atom. The van der Waals surface area contributed by atoms with Gasteiger partial charge in [-0.15, -0.1) is 0 Å². The third kappa shape index (κ3) is 5.92. The molecule has 2 aliphatic rings. The molecular formula is C15H29N3OS. The number of aliphatic imine (C=N–C) groups is 1. The summed E-state index contributed by atoms with van der Waals surface area (Å²) in [6.45, 7) is 2.83. The van der Waals surface area contributed by atoms with Crippen molar-refractivity contribution in [2.45, 2.75) is 56.3 Å². The summed E-state index contributed by atoms with van der Waals surface area (Å²) in [6.07, 6.45) is 9.50. The van der Waals surface area contributed by atoms with Crippen molar-refractivity contribution in [1.29, 1.82) is 0 Å². The van der Waals surface area contributed by atoms with E-state index in [2.05, 4.69) is 27.4 Å². The second-order valence-electron chi connectivity index (χ2n) is 5.65. The Hall–Kier alpha value is -0.420. The Bertz CT molecular complexity index is 287. The Kier molecular flexibility index (Phi) is 7.58. The fourth-order valence-corrected chi connectivity index (χ4v) is 4.02. The summed E-state index contributed by atoms with van der Waals surface area (Å²) in [7, 11) is 1.84. The summed E-state index contributed by atoms with van der Waals surface area (Å²) < 4.78 is 5.86. The van der Waals surface area contributed by atoms with Gasteiger partial charge in [-0.3, -0.25) is 4.99 Å². The number of guanidine groups is 1. The molecule has 2 rings (SSSR count). The maximum Gasteiger partial charge on any atom is 0.191 e. The number of hydrogen-bond acceptors (Lipinski definition) is 3. The highest BCUT2D eigenvalue weighted by molar-refractivity contribution is 8.00. The number of ether oxygens (including phenoxy) is 1. The summed E-state index contributed by atoms with van der Waals surface area (Å²) >= 11 is 2.08. The molecule has 0 amide bonds. The van der Waals surface area contributed by atoms with Crippen LogP contribution in [-0.4, -0.2) is 49.8 Å². The smallest absolute Gasteiger partial charge is 0.191 e. The van der Waals surface area contributed by atoms with Crippen LogP contribution in [-0.2, 0) is 4.74 Å². The lowest BCUT2D eigenvalue weighted by molar-refractivity contribution is 0.0574. The van der Waals surface area contributed by atoms with Gasteiger partial charge < -0.3 is 15.4 Å². The molecule has 1 atom stereocenters. The molecule has 1 aliphatic heterocycles. The summed E-state index contributed by atoms with van der Waals surface area (Å²) in [5, 5.41) is 7.55. The Labute approximate surface area is 127 Å². The topological polar surface area (TPSA) is 45.7 Å². The Morgan fingerprint density at radius 3 is 2.75 bits per heavy atom. The third-order valence-electron chi connectivity index (χ3n) is 4.01. The van der Waals surface area contributed by atoms with Crippen molar-refractivity contribution in [1.82, 2.24) is 10.6 Å². The number of thioether (sulfide) groups is 1. The van der Waals surface area contributed by atoms with Crippen LogP contribution in [0.2, 0.25) is 0 Å². The summed E-state index contributed by atoms with van der Waals surface area (Å²) in [5.41, 5.74) is 0. The van der Waals surface area contributed by atoms with Gasteiger partial charge in [0.05, 0.1) is 6.10 Å². The summed E-state index contributed by atoms with van der Waals surface area (Å²) in [4.78, 5) is 4.27. The molecule has 0 radical (unpaired) electrons. The van der Waals surface area contributed by atoms with Crippen LogP contribution in [0.15, 0.2) is 4.99 Å². The molecule has 0 aromatic heterocycles. The van der Waals surface area contributed by atoms with Crippen LogP contribution in [0.3, 0.4) is 0 Å². The molecule has 0 aromatic carbocycles. The fourth-order valence-electron chi connectivity index (χ4n) is 2.82. The van der Waals surface area contributed by atoms with Crippen LogP contribution in [0.1, 0.15) is 44.9 Å². The minimum absolute atomic E-state index is 0.534. The van der Waals surface area contributed by atoms with Crippen LogP contribution >= 0.6 is 11.8 Å². The van der Waals surface area contributed by atoms with Gasteiger partial charge >= 0.3 is 0 Å². The van der Waals surface area contributed by atoms with Crippen molar-refractivity contribution >= 4 is 17.7 Å². The van der Waals surface area contributed by atoms with E-state index in [1.165, 1.54) is 44.3 Å². The molecule has 0 spiro atoms. The van der Waals surface area contributed by atoms with E-state index in [0.29, 0.717) is 6.10 Å². The molecular weight excluding hydrogens is 270 g/mol. The predicted molar refractivity (Wildman–Crippen MR) is 87.7 cm³/mol. The number of nitrogens with one attached hydrogen (secondary N) is 2. The van der Waals surface area contributed by atoms with Crippen molar-refractivity contribution in [3.8, 4) is 0 Å². The first-order valence-corrected chi connectivity index (χ1v) is 9.11. The molecule has 2 fully saturated rings. The van der Waals surface area contributed by atoms with Gasteiger partial charge in [-0.2, -0.15) is 11.8 Å². The van der Waals surface area contributed by atoms with Gasteiger partial charge in [-0.1, -0.05) is 12.8 Å². The van der Waals surface area contributed by atoms with E-state index in [4.69, 9.17) is 4.74 Å². The quantitative estimate of drug-likeness (QED) is 0.430. The minimum atomic E-state index is 0.534. The van der Waals surface area contributed by atoms with Gasteiger partial charge in [-0.05, 0) is 37.9 Å². The zero-order valence-electron chi connectivity index (χ0n) is 12.7.